The molecule has 2 rings (SSSR count). The molecule has 2 aromatic carbocycles. The highest BCUT2D eigenvalue weighted by Gasteiger charge is 2.07. The van der Waals surface area contributed by atoms with E-state index in [0.29, 0.717) is 42.6 Å². The summed E-state index contributed by atoms with van der Waals surface area (Å²) in [5.74, 6) is 0.858. The van der Waals surface area contributed by atoms with Crippen LogP contribution in [-0.2, 0) is 9.53 Å². The summed E-state index contributed by atoms with van der Waals surface area (Å²) in [7, 11) is 1.58. The van der Waals surface area contributed by atoms with Crippen LogP contribution in [-0.4, -0.2) is 45.2 Å². The first-order valence-corrected chi connectivity index (χ1v) is 9.61. The lowest BCUT2D eigenvalue weighted by Crippen LogP contribution is -2.27. The molecule has 2 aromatic rings. The molecule has 0 heterocycles. The lowest BCUT2D eigenvalue weighted by atomic mass is 10.2. The fraction of sp³-hybridized carbons (Fsp3) is 0.364. The number of rotatable bonds is 11. The number of nitrogens with one attached hydrogen (secondary N) is 3. The molecule has 29 heavy (non-hydrogen) atoms. The average molecular weight is 399 g/mol. The topological polar surface area (TPSA) is 88.7 Å². The molecule has 0 spiro atoms. The Kier molecular flexibility index (Phi) is 8.98. The third-order valence-corrected chi connectivity index (χ3v) is 3.89. The van der Waals surface area contributed by atoms with Gasteiger partial charge in [-0.25, -0.2) is 0 Å². The van der Waals surface area contributed by atoms with E-state index >= 15 is 0 Å². The van der Waals surface area contributed by atoms with Crippen molar-refractivity contribution in [2.24, 2.45) is 5.92 Å². The third kappa shape index (κ3) is 8.23. The van der Waals surface area contributed by atoms with Crippen molar-refractivity contribution in [1.29, 1.82) is 0 Å². The Morgan fingerprint density at radius 1 is 1.03 bits per heavy atom. The fourth-order valence-corrected chi connectivity index (χ4v) is 2.42. The Morgan fingerprint density at radius 2 is 1.79 bits per heavy atom. The van der Waals surface area contributed by atoms with Crippen LogP contribution in [0.5, 0.6) is 5.75 Å². The maximum atomic E-state index is 12.2. The maximum Gasteiger partial charge on any atom is 0.251 e. The van der Waals surface area contributed by atoms with Crippen LogP contribution in [0.15, 0.2) is 48.5 Å². The number of hydrogen-bond acceptors (Lipinski definition) is 5. The first kappa shape index (κ1) is 22.2. The number of anilines is 2. The highest BCUT2D eigenvalue weighted by Crippen LogP contribution is 2.16. The lowest BCUT2D eigenvalue weighted by molar-refractivity contribution is -0.114. The number of carbonyl (C=O) groups excluding carboxylic acids is 2. The molecule has 2 amide bonds. The van der Waals surface area contributed by atoms with Crippen molar-refractivity contribution in [3.63, 3.8) is 0 Å². The van der Waals surface area contributed by atoms with Gasteiger partial charge in [0, 0.05) is 30.6 Å². The first-order valence-electron chi connectivity index (χ1n) is 9.61. The molecule has 156 valence electrons. The fourth-order valence-electron chi connectivity index (χ4n) is 2.42. The zero-order valence-corrected chi connectivity index (χ0v) is 17.2. The van der Waals surface area contributed by atoms with Crippen molar-refractivity contribution in [1.82, 2.24) is 5.32 Å². The van der Waals surface area contributed by atoms with Gasteiger partial charge in [0.25, 0.3) is 5.91 Å². The van der Waals surface area contributed by atoms with E-state index in [9.17, 15) is 9.59 Å². The second kappa shape index (κ2) is 11.7. The SMILES string of the molecule is COCCNC(=O)c1cccc(NCC(=O)Nc2ccc(OCC(C)C)cc2)c1. The van der Waals surface area contributed by atoms with E-state index in [0.717, 1.165) is 5.75 Å². The standard InChI is InChI=1S/C22H29N3O4/c1-16(2)15-29-20-9-7-18(8-10-20)25-21(26)14-24-19-6-4-5-17(13-19)22(27)23-11-12-28-3/h4-10,13,16,24H,11-12,14-15H2,1-3H3,(H,23,27)(H,25,26). The summed E-state index contributed by atoms with van der Waals surface area (Å²) in [5.41, 5.74) is 1.90. The molecule has 0 saturated carbocycles. The Hall–Kier alpha value is -3.06. The van der Waals surface area contributed by atoms with Gasteiger partial charge in [-0.05, 0) is 48.4 Å². The van der Waals surface area contributed by atoms with Gasteiger partial charge in [-0.1, -0.05) is 19.9 Å². The van der Waals surface area contributed by atoms with E-state index in [2.05, 4.69) is 29.8 Å². The normalized spacial score (nSPS) is 10.5. The van der Waals surface area contributed by atoms with Gasteiger partial charge in [0.2, 0.25) is 5.91 Å². The van der Waals surface area contributed by atoms with Crippen LogP contribution in [0.3, 0.4) is 0 Å². The van der Waals surface area contributed by atoms with Crippen LogP contribution >= 0.6 is 0 Å². The molecular weight excluding hydrogens is 370 g/mol. The number of ether oxygens (including phenoxy) is 2. The second-order valence-corrected chi connectivity index (χ2v) is 6.96. The Morgan fingerprint density at radius 3 is 2.48 bits per heavy atom. The number of methoxy groups -OCH3 is 1. The summed E-state index contributed by atoms with van der Waals surface area (Å²) < 4.78 is 10.5. The van der Waals surface area contributed by atoms with Crippen LogP contribution in [0, 0.1) is 5.92 Å². The van der Waals surface area contributed by atoms with Gasteiger partial charge in [-0.3, -0.25) is 9.59 Å². The molecule has 7 nitrogen and oxygen atoms in total. The van der Waals surface area contributed by atoms with Crippen molar-refractivity contribution in [3.8, 4) is 5.75 Å². The summed E-state index contributed by atoms with van der Waals surface area (Å²) in [6.07, 6.45) is 0. The van der Waals surface area contributed by atoms with Gasteiger partial charge in [-0.15, -0.1) is 0 Å². The maximum absolute atomic E-state index is 12.2. The Labute approximate surface area is 171 Å². The highest BCUT2D eigenvalue weighted by atomic mass is 16.5. The average Bonchev–Trinajstić information content (AvgIpc) is 2.72. The number of carbonyl (C=O) groups is 2. The van der Waals surface area contributed by atoms with Crippen molar-refractivity contribution in [3.05, 3.63) is 54.1 Å². The number of hydrogen-bond donors (Lipinski definition) is 3. The lowest BCUT2D eigenvalue weighted by Gasteiger charge is -2.11. The molecule has 0 bridgehead atoms. The van der Waals surface area contributed by atoms with Gasteiger partial charge in [-0.2, -0.15) is 0 Å². The molecule has 0 aliphatic carbocycles. The van der Waals surface area contributed by atoms with E-state index in [1.54, 1.807) is 43.5 Å². The van der Waals surface area contributed by atoms with Crippen LogP contribution in [0.1, 0.15) is 24.2 Å². The summed E-state index contributed by atoms with van der Waals surface area (Å²) in [6, 6.07) is 14.3. The predicted molar refractivity (Wildman–Crippen MR) is 115 cm³/mol. The third-order valence-electron chi connectivity index (χ3n) is 3.89. The van der Waals surface area contributed by atoms with Gasteiger partial charge in [0.1, 0.15) is 5.75 Å². The quantitative estimate of drug-likeness (QED) is 0.505. The van der Waals surface area contributed by atoms with Gasteiger partial charge in [0.15, 0.2) is 0 Å². The molecule has 0 saturated heterocycles. The van der Waals surface area contributed by atoms with Crippen molar-refractivity contribution < 1.29 is 19.1 Å². The Balaban J connectivity index is 1.81. The Bertz CT molecular complexity index is 791. The molecule has 3 N–H and O–H groups in total. The molecule has 0 radical (unpaired) electrons. The summed E-state index contributed by atoms with van der Waals surface area (Å²) in [6.45, 7) is 5.81. The zero-order valence-electron chi connectivity index (χ0n) is 17.2. The van der Waals surface area contributed by atoms with Gasteiger partial charge in [0.05, 0.1) is 19.8 Å². The van der Waals surface area contributed by atoms with Crippen LogP contribution in [0.4, 0.5) is 11.4 Å². The second-order valence-electron chi connectivity index (χ2n) is 6.96. The van der Waals surface area contributed by atoms with Crippen LogP contribution in [0.25, 0.3) is 0 Å². The van der Waals surface area contributed by atoms with E-state index < -0.39 is 0 Å². The first-order chi connectivity index (χ1) is 14.0. The molecule has 0 atom stereocenters. The van der Waals surface area contributed by atoms with Gasteiger partial charge < -0.3 is 25.4 Å². The molecule has 0 fully saturated rings. The zero-order chi connectivity index (χ0) is 21.1. The number of benzene rings is 2. The van der Waals surface area contributed by atoms with Crippen molar-refractivity contribution in [2.75, 3.05) is 44.0 Å². The molecule has 0 aromatic heterocycles. The van der Waals surface area contributed by atoms with E-state index in [4.69, 9.17) is 9.47 Å². The molecule has 7 heteroatoms. The molecular formula is C22H29N3O4. The predicted octanol–water partition coefficient (Wildman–Crippen LogP) is 3.15. The van der Waals surface area contributed by atoms with Crippen molar-refractivity contribution in [2.45, 2.75) is 13.8 Å². The van der Waals surface area contributed by atoms with Crippen molar-refractivity contribution >= 4 is 23.2 Å². The summed E-state index contributed by atoms with van der Waals surface area (Å²) in [5, 5.41) is 8.62. The minimum absolute atomic E-state index is 0.0837. The molecule has 0 unspecified atom stereocenters. The summed E-state index contributed by atoms with van der Waals surface area (Å²) in [4.78, 5) is 24.3. The highest BCUT2D eigenvalue weighted by molar-refractivity contribution is 5.96. The van der Waals surface area contributed by atoms with Crippen LogP contribution < -0.4 is 20.7 Å². The molecule has 0 aliphatic rings. The van der Waals surface area contributed by atoms with E-state index in [1.807, 2.05) is 12.1 Å². The van der Waals surface area contributed by atoms with Crippen LogP contribution in [0.2, 0.25) is 0 Å². The number of amides is 2. The minimum Gasteiger partial charge on any atom is -0.493 e. The smallest absolute Gasteiger partial charge is 0.251 e. The van der Waals surface area contributed by atoms with E-state index in [-0.39, 0.29) is 18.4 Å². The minimum atomic E-state index is -0.185. The largest absolute Gasteiger partial charge is 0.493 e. The van der Waals surface area contributed by atoms with Gasteiger partial charge >= 0.3 is 0 Å². The van der Waals surface area contributed by atoms with E-state index in [1.165, 1.54) is 0 Å². The molecule has 0 aliphatic heterocycles. The monoisotopic (exact) mass is 399 g/mol. The summed E-state index contributed by atoms with van der Waals surface area (Å²) >= 11 is 0.